The van der Waals surface area contributed by atoms with Crippen molar-refractivity contribution < 1.29 is 52.7 Å². The summed E-state index contributed by atoms with van der Waals surface area (Å²) >= 11 is 0. The zero-order chi connectivity index (χ0) is 23.1. The Balaban J connectivity index is 2.20. The van der Waals surface area contributed by atoms with Crippen LogP contribution < -0.4 is 0 Å². The van der Waals surface area contributed by atoms with Gasteiger partial charge in [-0.05, 0) is 37.0 Å². The molecule has 1 fully saturated rings. The van der Waals surface area contributed by atoms with Gasteiger partial charge in [0, 0.05) is 12.8 Å². The first-order chi connectivity index (χ1) is 13.5. The molecule has 174 valence electrons. The lowest BCUT2D eigenvalue weighted by atomic mass is 9.91. The van der Waals surface area contributed by atoms with Crippen LogP contribution in [-0.4, -0.2) is 44.5 Å². The third kappa shape index (κ3) is 4.94. The van der Waals surface area contributed by atoms with Crippen molar-refractivity contribution in [3.05, 3.63) is 12.2 Å². The molecule has 0 amide bonds. The summed E-state index contributed by atoms with van der Waals surface area (Å²) in [6.45, 7) is 1.22. The van der Waals surface area contributed by atoms with Crippen molar-refractivity contribution in [1.29, 1.82) is 0 Å². The van der Waals surface area contributed by atoms with E-state index in [1.54, 1.807) is 0 Å². The minimum absolute atomic E-state index is 0.0985. The molecule has 0 saturated heterocycles. The highest BCUT2D eigenvalue weighted by Crippen LogP contribution is 2.45. The highest BCUT2D eigenvalue weighted by atomic mass is 32.3. The molecule has 0 aromatic rings. The summed E-state index contributed by atoms with van der Waals surface area (Å²) in [4.78, 5) is 12.1. The standard InChI is InChI=1S/C16H20F6O6S2/c1-2-12(28-13(23)7-11-6-9-3-4-10(11)5-9)8-14(29(24,25)15(17,18)19)30(26,27)16(20,21)22/h3-4,9-12,14H,2,5-8H2,1H3. The molecule has 0 heterocycles. The maximum atomic E-state index is 12.8. The largest absolute Gasteiger partial charge is 0.498 e. The number of sulfone groups is 2. The van der Waals surface area contributed by atoms with E-state index in [9.17, 15) is 48.0 Å². The molecule has 6 nitrogen and oxygen atoms in total. The van der Waals surface area contributed by atoms with Crippen LogP contribution in [0.1, 0.15) is 39.0 Å². The van der Waals surface area contributed by atoms with Gasteiger partial charge in [0.25, 0.3) is 19.7 Å². The molecule has 2 aliphatic rings. The fraction of sp³-hybridized carbons (Fsp3) is 0.812. The van der Waals surface area contributed by atoms with Crippen LogP contribution in [0.4, 0.5) is 26.3 Å². The van der Waals surface area contributed by atoms with Crippen LogP contribution in [0.15, 0.2) is 12.2 Å². The molecule has 4 atom stereocenters. The Morgan fingerprint density at radius 1 is 1.00 bits per heavy atom. The zero-order valence-corrected chi connectivity index (χ0v) is 17.2. The normalized spacial score (nSPS) is 25.7. The second-order valence-electron chi connectivity index (χ2n) is 7.41. The molecule has 0 aliphatic heterocycles. The van der Waals surface area contributed by atoms with Gasteiger partial charge in [-0.1, -0.05) is 19.1 Å². The summed E-state index contributed by atoms with van der Waals surface area (Å²) in [6.07, 6.45) is 1.48. The van der Waals surface area contributed by atoms with E-state index in [-0.39, 0.29) is 24.7 Å². The first kappa shape index (κ1) is 25.0. The van der Waals surface area contributed by atoms with Crippen LogP contribution in [-0.2, 0) is 29.2 Å². The van der Waals surface area contributed by atoms with Gasteiger partial charge in [0.15, 0.2) is 4.58 Å². The SMILES string of the molecule is CCC(CC(S(=O)(=O)C(F)(F)F)S(=O)(=O)C(F)(F)F)OC(=O)CC1CC2C=CC1C2. The number of hydrogen-bond donors (Lipinski definition) is 0. The van der Waals surface area contributed by atoms with Gasteiger partial charge in [-0.3, -0.25) is 4.79 Å². The summed E-state index contributed by atoms with van der Waals surface area (Å²) in [5, 5.41) is 0. The van der Waals surface area contributed by atoms with E-state index in [1.807, 2.05) is 12.2 Å². The van der Waals surface area contributed by atoms with Gasteiger partial charge in [-0.2, -0.15) is 26.3 Å². The van der Waals surface area contributed by atoms with Gasteiger partial charge in [0.1, 0.15) is 6.10 Å². The van der Waals surface area contributed by atoms with Gasteiger partial charge in [-0.15, -0.1) is 0 Å². The van der Waals surface area contributed by atoms with E-state index in [0.29, 0.717) is 12.3 Å². The summed E-state index contributed by atoms with van der Waals surface area (Å²) in [5.41, 5.74) is -12.5. The molecule has 1 saturated carbocycles. The third-order valence-corrected chi connectivity index (χ3v) is 9.97. The Kier molecular flexibility index (Phi) is 6.92. The van der Waals surface area contributed by atoms with Crippen LogP contribution >= 0.6 is 0 Å². The highest BCUT2D eigenvalue weighted by molar-refractivity contribution is 8.09. The number of rotatable bonds is 8. The Labute approximate surface area is 169 Å². The first-order valence-electron chi connectivity index (χ1n) is 8.98. The molecular weight excluding hydrogens is 466 g/mol. The lowest BCUT2D eigenvalue weighted by Crippen LogP contribution is -2.46. The van der Waals surface area contributed by atoms with Crippen molar-refractivity contribution in [2.24, 2.45) is 17.8 Å². The number of esters is 1. The summed E-state index contributed by atoms with van der Waals surface area (Å²) in [5.74, 6) is -0.612. The molecule has 30 heavy (non-hydrogen) atoms. The Morgan fingerprint density at radius 2 is 1.53 bits per heavy atom. The molecule has 0 aromatic heterocycles. The quantitative estimate of drug-likeness (QED) is 0.296. The summed E-state index contributed by atoms with van der Waals surface area (Å²) in [7, 11) is -13.5. The molecule has 2 bridgehead atoms. The monoisotopic (exact) mass is 486 g/mol. The molecule has 0 N–H and O–H groups in total. The Hall–Kier alpha value is -1.31. The second-order valence-corrected chi connectivity index (χ2v) is 12.0. The van der Waals surface area contributed by atoms with Crippen LogP contribution in [0, 0.1) is 17.8 Å². The minimum atomic E-state index is -6.76. The first-order valence-corrected chi connectivity index (χ1v) is 12.1. The van der Waals surface area contributed by atoms with E-state index in [2.05, 4.69) is 0 Å². The lowest BCUT2D eigenvalue weighted by molar-refractivity contribution is -0.150. The number of ether oxygens (including phenoxy) is 1. The number of halogens is 6. The van der Waals surface area contributed by atoms with Crippen molar-refractivity contribution in [2.45, 2.75) is 60.7 Å². The topological polar surface area (TPSA) is 94.6 Å². The molecule has 0 aromatic carbocycles. The third-order valence-electron chi connectivity index (χ3n) is 5.39. The maximum absolute atomic E-state index is 12.8. The smallest absolute Gasteiger partial charge is 0.462 e. The van der Waals surface area contributed by atoms with E-state index in [1.165, 1.54) is 6.92 Å². The predicted molar refractivity (Wildman–Crippen MR) is 92.0 cm³/mol. The second kappa shape index (κ2) is 8.32. The van der Waals surface area contributed by atoms with Crippen molar-refractivity contribution in [3.8, 4) is 0 Å². The molecular formula is C16H20F6O6S2. The van der Waals surface area contributed by atoms with Crippen LogP contribution in [0.25, 0.3) is 0 Å². The number of allylic oxidation sites excluding steroid dienone is 2. The highest BCUT2D eigenvalue weighted by Gasteiger charge is 2.63. The van der Waals surface area contributed by atoms with Crippen molar-refractivity contribution in [1.82, 2.24) is 0 Å². The summed E-state index contributed by atoms with van der Waals surface area (Å²) in [6, 6.07) is 0. The Bertz CT molecular complexity index is 846. The molecule has 0 radical (unpaired) electrons. The fourth-order valence-corrected chi connectivity index (χ4v) is 7.33. The fourth-order valence-electron chi connectivity index (χ4n) is 3.81. The van der Waals surface area contributed by atoms with Crippen LogP contribution in [0.3, 0.4) is 0 Å². The number of hydrogen-bond acceptors (Lipinski definition) is 6. The van der Waals surface area contributed by atoms with Crippen LogP contribution in [0.5, 0.6) is 0 Å². The number of carbonyl (C=O) groups excluding carboxylic acids is 1. The predicted octanol–water partition coefficient (Wildman–Crippen LogP) is 3.50. The maximum Gasteiger partial charge on any atom is 0.498 e. The van der Waals surface area contributed by atoms with E-state index >= 15 is 0 Å². The minimum Gasteiger partial charge on any atom is -0.462 e. The Morgan fingerprint density at radius 3 is 1.90 bits per heavy atom. The van der Waals surface area contributed by atoms with Crippen molar-refractivity contribution >= 4 is 25.6 Å². The van der Waals surface area contributed by atoms with Gasteiger partial charge in [-0.25, -0.2) is 16.8 Å². The average molecular weight is 486 g/mol. The van der Waals surface area contributed by atoms with Gasteiger partial charge in [0.05, 0.1) is 0 Å². The van der Waals surface area contributed by atoms with E-state index in [4.69, 9.17) is 4.74 Å². The lowest BCUT2D eigenvalue weighted by Gasteiger charge is -2.25. The molecule has 0 spiro atoms. The zero-order valence-electron chi connectivity index (χ0n) is 15.6. The molecule has 2 rings (SSSR count). The number of carbonyl (C=O) groups is 1. The van der Waals surface area contributed by atoms with E-state index < -0.39 is 53.8 Å². The molecule has 4 unspecified atom stereocenters. The van der Waals surface area contributed by atoms with Gasteiger partial charge in [0.2, 0.25) is 0 Å². The van der Waals surface area contributed by atoms with Crippen LogP contribution in [0.2, 0.25) is 0 Å². The average Bonchev–Trinajstić information content (AvgIpc) is 3.18. The van der Waals surface area contributed by atoms with Crippen molar-refractivity contribution in [2.75, 3.05) is 0 Å². The number of alkyl halides is 6. The summed E-state index contributed by atoms with van der Waals surface area (Å²) < 4.78 is 124. The van der Waals surface area contributed by atoms with Gasteiger partial charge < -0.3 is 4.74 Å². The van der Waals surface area contributed by atoms with Crippen molar-refractivity contribution in [3.63, 3.8) is 0 Å². The van der Waals surface area contributed by atoms with Gasteiger partial charge >= 0.3 is 17.0 Å². The molecule has 2 aliphatic carbocycles. The number of fused-ring (bicyclic) bond motifs is 2. The molecule has 14 heteroatoms. The van der Waals surface area contributed by atoms with E-state index in [0.717, 1.165) is 6.42 Å².